The molecule has 3 rings (SSSR count). The minimum atomic E-state index is 0.621. The molecule has 0 fully saturated rings. The third kappa shape index (κ3) is 6.18. The summed E-state index contributed by atoms with van der Waals surface area (Å²) >= 11 is 1.69. The van der Waals surface area contributed by atoms with E-state index in [1.807, 2.05) is 11.6 Å². The molecule has 0 bridgehead atoms. The van der Waals surface area contributed by atoms with Gasteiger partial charge in [0, 0.05) is 24.9 Å². The van der Waals surface area contributed by atoms with E-state index in [-0.39, 0.29) is 0 Å². The predicted molar refractivity (Wildman–Crippen MR) is 109 cm³/mol. The highest BCUT2D eigenvalue weighted by Gasteiger charge is 2.02. The molecule has 0 aliphatic rings. The van der Waals surface area contributed by atoms with E-state index in [4.69, 9.17) is 4.99 Å². The van der Waals surface area contributed by atoms with Gasteiger partial charge in [0.2, 0.25) is 0 Å². The molecule has 2 heterocycles. The highest BCUT2D eigenvalue weighted by Crippen LogP contribution is 2.09. The molecule has 0 unspecified atom stereocenters. The Hall–Kier alpha value is -2.74. The van der Waals surface area contributed by atoms with Crippen molar-refractivity contribution >= 4 is 17.3 Å². The van der Waals surface area contributed by atoms with Crippen LogP contribution in [0.25, 0.3) is 0 Å². The topological polar surface area (TPSA) is 80.0 Å². The molecule has 2 N–H and O–H groups in total. The van der Waals surface area contributed by atoms with Gasteiger partial charge in [-0.1, -0.05) is 24.3 Å². The van der Waals surface area contributed by atoms with Gasteiger partial charge in [-0.15, -0.1) is 11.3 Å². The molecule has 0 radical (unpaired) electrons. The Morgan fingerprint density at radius 3 is 2.89 bits per heavy atom. The van der Waals surface area contributed by atoms with Gasteiger partial charge in [-0.3, -0.25) is 0 Å². The summed E-state index contributed by atoms with van der Waals surface area (Å²) in [7, 11) is 0. The van der Waals surface area contributed by atoms with E-state index >= 15 is 0 Å². The molecule has 0 aliphatic heterocycles. The molecule has 142 valence electrons. The van der Waals surface area contributed by atoms with Gasteiger partial charge in [0.05, 0.1) is 23.8 Å². The van der Waals surface area contributed by atoms with E-state index < -0.39 is 0 Å². The Labute approximate surface area is 163 Å². The number of rotatable bonds is 8. The molecule has 8 heteroatoms. The van der Waals surface area contributed by atoms with Crippen molar-refractivity contribution in [2.24, 2.45) is 4.99 Å². The number of aromatic nitrogens is 4. The molecule has 2 aromatic heterocycles. The smallest absolute Gasteiger partial charge is 0.191 e. The second-order valence-electron chi connectivity index (χ2n) is 6.14. The molecule has 0 saturated carbocycles. The molecule has 27 heavy (non-hydrogen) atoms. The van der Waals surface area contributed by atoms with Gasteiger partial charge < -0.3 is 10.6 Å². The third-order valence-electron chi connectivity index (χ3n) is 3.91. The summed E-state index contributed by atoms with van der Waals surface area (Å²) < 4.78 is 1.81. The SMILES string of the molecule is CCNC(=NCc1cccc(Cn2cncn2)c1)NCCc1csc(C)n1. The first kappa shape index (κ1) is 19.0. The van der Waals surface area contributed by atoms with E-state index in [0.717, 1.165) is 36.2 Å². The standard InChI is InChI=1S/C19H25N7S/c1-3-21-19(22-8-7-18-12-27-15(2)25-18)23-10-16-5-4-6-17(9-16)11-26-14-20-13-24-26/h4-6,9,12-14H,3,7-8,10-11H2,1-2H3,(H2,21,22,23). The first-order valence-electron chi connectivity index (χ1n) is 9.06. The third-order valence-corrected chi connectivity index (χ3v) is 4.73. The minimum absolute atomic E-state index is 0.621. The summed E-state index contributed by atoms with van der Waals surface area (Å²) in [5, 5.41) is 14.0. The Balaban J connectivity index is 1.55. The highest BCUT2D eigenvalue weighted by atomic mass is 32.1. The zero-order chi connectivity index (χ0) is 18.9. The van der Waals surface area contributed by atoms with Crippen LogP contribution in [0, 0.1) is 6.92 Å². The average molecular weight is 384 g/mol. The Morgan fingerprint density at radius 1 is 1.26 bits per heavy atom. The maximum atomic E-state index is 4.70. The van der Waals surface area contributed by atoms with Gasteiger partial charge in [-0.05, 0) is 25.0 Å². The van der Waals surface area contributed by atoms with Crippen LogP contribution in [-0.2, 0) is 19.5 Å². The van der Waals surface area contributed by atoms with Gasteiger partial charge in [0.15, 0.2) is 5.96 Å². The summed E-state index contributed by atoms with van der Waals surface area (Å²) in [5.41, 5.74) is 3.48. The fourth-order valence-corrected chi connectivity index (χ4v) is 3.32. The minimum Gasteiger partial charge on any atom is -0.357 e. The molecule has 0 saturated heterocycles. The van der Waals surface area contributed by atoms with Crippen LogP contribution >= 0.6 is 11.3 Å². The van der Waals surface area contributed by atoms with Crippen LogP contribution in [0.3, 0.4) is 0 Å². The lowest BCUT2D eigenvalue weighted by atomic mass is 10.1. The summed E-state index contributed by atoms with van der Waals surface area (Å²) in [4.78, 5) is 13.2. The quantitative estimate of drug-likeness (QED) is 0.461. The van der Waals surface area contributed by atoms with E-state index in [1.54, 1.807) is 24.0 Å². The molecule has 0 spiro atoms. The van der Waals surface area contributed by atoms with Crippen molar-refractivity contribution in [1.29, 1.82) is 0 Å². The Morgan fingerprint density at radius 2 is 2.15 bits per heavy atom. The maximum Gasteiger partial charge on any atom is 0.191 e. The highest BCUT2D eigenvalue weighted by molar-refractivity contribution is 7.09. The lowest BCUT2D eigenvalue weighted by Crippen LogP contribution is -2.38. The van der Waals surface area contributed by atoms with Crippen molar-refractivity contribution in [2.75, 3.05) is 13.1 Å². The molecule has 0 amide bonds. The fraction of sp³-hybridized carbons (Fsp3) is 0.368. The van der Waals surface area contributed by atoms with Crippen LogP contribution < -0.4 is 10.6 Å². The normalized spacial score (nSPS) is 11.6. The number of thiazole rings is 1. The number of benzene rings is 1. The number of hydrogen-bond donors (Lipinski definition) is 2. The van der Waals surface area contributed by atoms with E-state index in [1.165, 1.54) is 11.1 Å². The lowest BCUT2D eigenvalue weighted by Gasteiger charge is -2.11. The Kier molecular flexibility index (Phi) is 6.92. The molecule has 7 nitrogen and oxygen atoms in total. The molecular formula is C19H25N7S. The molecule has 1 aromatic carbocycles. The van der Waals surface area contributed by atoms with Crippen LogP contribution in [0.1, 0.15) is 28.8 Å². The van der Waals surface area contributed by atoms with Crippen molar-refractivity contribution in [3.05, 3.63) is 64.1 Å². The van der Waals surface area contributed by atoms with Crippen molar-refractivity contribution in [1.82, 2.24) is 30.4 Å². The zero-order valence-electron chi connectivity index (χ0n) is 15.7. The number of nitrogens with zero attached hydrogens (tertiary/aromatic N) is 5. The summed E-state index contributed by atoms with van der Waals surface area (Å²) in [6, 6.07) is 8.40. The monoisotopic (exact) mass is 383 g/mol. The zero-order valence-corrected chi connectivity index (χ0v) is 16.5. The second kappa shape index (κ2) is 9.82. The molecule has 0 aliphatic carbocycles. The first-order valence-corrected chi connectivity index (χ1v) is 9.94. The van der Waals surface area contributed by atoms with Gasteiger partial charge in [-0.25, -0.2) is 19.6 Å². The molecule has 3 aromatic rings. The second-order valence-corrected chi connectivity index (χ2v) is 7.21. The summed E-state index contributed by atoms with van der Waals surface area (Å²) in [6.07, 6.45) is 4.17. The molecular weight excluding hydrogens is 358 g/mol. The summed E-state index contributed by atoms with van der Waals surface area (Å²) in [6.45, 7) is 7.07. The first-order chi connectivity index (χ1) is 13.2. The van der Waals surface area contributed by atoms with Gasteiger partial charge in [0.1, 0.15) is 12.7 Å². The molecule has 0 atom stereocenters. The van der Waals surface area contributed by atoms with Crippen LogP contribution in [0.15, 0.2) is 47.3 Å². The van der Waals surface area contributed by atoms with Crippen molar-refractivity contribution in [3.8, 4) is 0 Å². The van der Waals surface area contributed by atoms with Crippen LogP contribution in [0.2, 0.25) is 0 Å². The van der Waals surface area contributed by atoms with E-state index in [2.05, 4.69) is 62.3 Å². The number of aliphatic imine (C=N–C) groups is 1. The fourth-order valence-electron chi connectivity index (χ4n) is 2.67. The lowest BCUT2D eigenvalue weighted by molar-refractivity contribution is 0.684. The number of guanidine groups is 1. The number of nitrogens with one attached hydrogen (secondary N) is 2. The van der Waals surface area contributed by atoms with E-state index in [0.29, 0.717) is 13.1 Å². The van der Waals surface area contributed by atoms with Gasteiger partial charge >= 0.3 is 0 Å². The van der Waals surface area contributed by atoms with Crippen molar-refractivity contribution in [2.45, 2.75) is 33.4 Å². The Bertz CT molecular complexity index is 855. The number of aryl methyl sites for hydroxylation is 1. The largest absolute Gasteiger partial charge is 0.357 e. The van der Waals surface area contributed by atoms with Crippen LogP contribution in [0.5, 0.6) is 0 Å². The summed E-state index contributed by atoms with van der Waals surface area (Å²) in [5.74, 6) is 0.825. The van der Waals surface area contributed by atoms with Gasteiger partial charge in [-0.2, -0.15) is 5.10 Å². The predicted octanol–water partition coefficient (Wildman–Crippen LogP) is 2.39. The van der Waals surface area contributed by atoms with Crippen LogP contribution in [-0.4, -0.2) is 38.8 Å². The van der Waals surface area contributed by atoms with E-state index in [9.17, 15) is 0 Å². The van der Waals surface area contributed by atoms with Crippen molar-refractivity contribution < 1.29 is 0 Å². The van der Waals surface area contributed by atoms with Crippen molar-refractivity contribution in [3.63, 3.8) is 0 Å². The van der Waals surface area contributed by atoms with Gasteiger partial charge in [0.25, 0.3) is 0 Å². The number of hydrogen-bond acceptors (Lipinski definition) is 5. The van der Waals surface area contributed by atoms with Crippen LogP contribution in [0.4, 0.5) is 0 Å². The average Bonchev–Trinajstić information content (AvgIpc) is 3.32. The maximum absolute atomic E-state index is 4.70.